The van der Waals surface area contributed by atoms with E-state index in [0.717, 1.165) is 18.9 Å². The minimum absolute atomic E-state index is 0.0427. The lowest BCUT2D eigenvalue weighted by Crippen LogP contribution is -2.54. The summed E-state index contributed by atoms with van der Waals surface area (Å²) in [6.07, 6.45) is 6.69. The maximum atomic E-state index is 13.0. The molecule has 0 radical (unpaired) electrons. The van der Waals surface area contributed by atoms with E-state index in [1.807, 2.05) is 24.4 Å². The van der Waals surface area contributed by atoms with Crippen LogP contribution in [0.15, 0.2) is 24.4 Å². The molecule has 2 bridgehead atoms. The Hall–Kier alpha value is -2.41. The number of carbonyl (C=O) groups is 2. The van der Waals surface area contributed by atoms with Crippen molar-refractivity contribution < 1.29 is 9.59 Å². The van der Waals surface area contributed by atoms with E-state index in [-0.39, 0.29) is 24.3 Å². The van der Waals surface area contributed by atoms with Crippen molar-refractivity contribution in [3.63, 3.8) is 0 Å². The summed E-state index contributed by atoms with van der Waals surface area (Å²) in [6.45, 7) is 6.81. The highest BCUT2D eigenvalue weighted by Crippen LogP contribution is 2.61. The van der Waals surface area contributed by atoms with Crippen LogP contribution in [-0.2, 0) is 11.2 Å². The van der Waals surface area contributed by atoms with Crippen molar-refractivity contribution in [2.45, 2.75) is 52.0 Å². The standard InChI is InChI=1S/C24H33N5O2/c1-24(2)16-7-6-15(19(24)10-16)12-26-23(31)20-4-3-5-21-27-18(14-29(20)21)11-22(30)28-9-8-17(25)13-28/h3-5,14-17,19H,6-13,25H2,1-2H3,(H,26,31)/t15-,16+,17+,19+/m0/s1. The minimum atomic E-state index is -0.0781. The van der Waals surface area contributed by atoms with Crippen LogP contribution in [-0.4, -0.2) is 51.8 Å². The topological polar surface area (TPSA) is 92.7 Å². The number of rotatable bonds is 5. The van der Waals surface area contributed by atoms with Crippen molar-refractivity contribution in [3.05, 3.63) is 35.8 Å². The summed E-state index contributed by atoms with van der Waals surface area (Å²) >= 11 is 0. The van der Waals surface area contributed by atoms with Gasteiger partial charge >= 0.3 is 0 Å². The summed E-state index contributed by atoms with van der Waals surface area (Å²) in [7, 11) is 0. The first-order valence-corrected chi connectivity index (χ1v) is 11.6. The smallest absolute Gasteiger partial charge is 0.268 e. The molecule has 0 unspecified atom stereocenters. The highest BCUT2D eigenvalue weighted by atomic mass is 16.2. The molecule has 3 heterocycles. The van der Waals surface area contributed by atoms with E-state index in [1.165, 1.54) is 19.3 Å². The number of pyridine rings is 1. The molecule has 0 spiro atoms. The fourth-order valence-corrected chi connectivity index (χ4v) is 6.13. The number of likely N-dealkylation sites (tertiary alicyclic amines) is 1. The molecular weight excluding hydrogens is 390 g/mol. The van der Waals surface area contributed by atoms with Crippen molar-refractivity contribution >= 4 is 17.5 Å². The van der Waals surface area contributed by atoms with Crippen LogP contribution in [0.3, 0.4) is 0 Å². The predicted molar refractivity (Wildman–Crippen MR) is 119 cm³/mol. The van der Waals surface area contributed by atoms with Gasteiger partial charge in [0.25, 0.3) is 5.91 Å². The summed E-state index contributed by atoms with van der Waals surface area (Å²) in [5.41, 5.74) is 8.27. The molecule has 31 heavy (non-hydrogen) atoms. The summed E-state index contributed by atoms with van der Waals surface area (Å²) in [6, 6.07) is 5.61. The quantitative estimate of drug-likeness (QED) is 0.771. The number of fused-ring (bicyclic) bond motifs is 3. The summed E-state index contributed by atoms with van der Waals surface area (Å²) in [5, 5.41) is 3.18. The third-order valence-corrected chi connectivity index (χ3v) is 8.21. The maximum absolute atomic E-state index is 13.0. The predicted octanol–water partition coefficient (Wildman–Crippen LogP) is 2.24. The number of carbonyl (C=O) groups excluding carboxylic acids is 2. The number of nitrogens with two attached hydrogens (primary N) is 1. The highest BCUT2D eigenvalue weighted by molar-refractivity contribution is 5.93. The number of hydrogen-bond acceptors (Lipinski definition) is 4. The molecular formula is C24H33N5O2. The van der Waals surface area contributed by atoms with Gasteiger partial charge in [0.15, 0.2) is 0 Å². The molecule has 166 valence electrons. The molecule has 3 N–H and O–H groups in total. The van der Waals surface area contributed by atoms with Gasteiger partial charge in [-0.2, -0.15) is 0 Å². The molecule has 4 atom stereocenters. The lowest BCUT2D eigenvalue weighted by molar-refractivity contribution is -0.129. The van der Waals surface area contributed by atoms with Gasteiger partial charge in [-0.1, -0.05) is 19.9 Å². The Bertz CT molecular complexity index is 1010. The Balaban J connectivity index is 1.26. The molecule has 1 saturated heterocycles. The molecule has 3 saturated carbocycles. The summed E-state index contributed by atoms with van der Waals surface area (Å²) in [4.78, 5) is 32.0. The number of imidazole rings is 1. The Labute approximate surface area is 183 Å². The van der Waals surface area contributed by atoms with E-state index in [9.17, 15) is 9.59 Å². The molecule has 0 aromatic carbocycles. The van der Waals surface area contributed by atoms with E-state index >= 15 is 0 Å². The first-order valence-electron chi connectivity index (χ1n) is 11.6. The molecule has 6 rings (SSSR count). The van der Waals surface area contributed by atoms with Crippen molar-refractivity contribution in [2.24, 2.45) is 28.9 Å². The molecule has 1 aliphatic heterocycles. The van der Waals surface area contributed by atoms with Crippen LogP contribution < -0.4 is 11.1 Å². The van der Waals surface area contributed by atoms with E-state index < -0.39 is 0 Å². The second-order valence-electron chi connectivity index (χ2n) is 10.3. The molecule has 7 heteroatoms. The SMILES string of the molecule is CC1(C)[C@@H]2CC[C@@H](CNC(=O)c3cccc4nc(CC(=O)N5CC[C@@H](N)C5)cn34)[C@H]1C2. The van der Waals surface area contributed by atoms with Gasteiger partial charge in [-0.3, -0.25) is 14.0 Å². The Morgan fingerprint density at radius 2 is 2.10 bits per heavy atom. The van der Waals surface area contributed by atoms with Crippen LogP contribution >= 0.6 is 0 Å². The van der Waals surface area contributed by atoms with Crippen LogP contribution in [0.1, 0.15) is 55.7 Å². The van der Waals surface area contributed by atoms with Gasteiger partial charge in [-0.25, -0.2) is 4.98 Å². The van der Waals surface area contributed by atoms with E-state index in [0.29, 0.717) is 47.4 Å². The van der Waals surface area contributed by atoms with Gasteiger partial charge < -0.3 is 16.0 Å². The summed E-state index contributed by atoms with van der Waals surface area (Å²) < 4.78 is 1.80. The molecule has 4 fully saturated rings. The van der Waals surface area contributed by atoms with Gasteiger partial charge in [-0.15, -0.1) is 0 Å². The number of aromatic nitrogens is 2. The zero-order chi connectivity index (χ0) is 21.8. The Morgan fingerprint density at radius 3 is 2.81 bits per heavy atom. The van der Waals surface area contributed by atoms with Crippen molar-refractivity contribution in [1.29, 1.82) is 0 Å². The highest BCUT2D eigenvalue weighted by Gasteiger charge is 2.53. The first kappa shape index (κ1) is 20.5. The number of hydrogen-bond donors (Lipinski definition) is 2. The maximum Gasteiger partial charge on any atom is 0.268 e. The second-order valence-corrected chi connectivity index (χ2v) is 10.3. The fourth-order valence-electron chi connectivity index (χ4n) is 6.13. The van der Waals surface area contributed by atoms with Crippen LogP contribution in [0.2, 0.25) is 0 Å². The van der Waals surface area contributed by atoms with E-state index in [2.05, 4.69) is 24.1 Å². The molecule has 3 aliphatic carbocycles. The van der Waals surface area contributed by atoms with E-state index in [1.54, 1.807) is 9.30 Å². The van der Waals surface area contributed by atoms with Gasteiger partial charge in [-0.05, 0) is 61.0 Å². The normalized spacial score (nSPS) is 29.1. The van der Waals surface area contributed by atoms with Crippen molar-refractivity contribution in [1.82, 2.24) is 19.6 Å². The minimum Gasteiger partial charge on any atom is -0.350 e. The molecule has 2 amide bonds. The van der Waals surface area contributed by atoms with Crippen molar-refractivity contribution in [2.75, 3.05) is 19.6 Å². The van der Waals surface area contributed by atoms with Crippen LogP contribution in [0.5, 0.6) is 0 Å². The Kier molecular flexibility index (Phi) is 5.04. The van der Waals surface area contributed by atoms with Gasteiger partial charge in [0.1, 0.15) is 11.3 Å². The molecule has 2 aromatic heterocycles. The third-order valence-electron chi connectivity index (χ3n) is 8.21. The zero-order valence-corrected chi connectivity index (χ0v) is 18.5. The molecule has 2 aromatic rings. The van der Waals surface area contributed by atoms with Gasteiger partial charge in [0.2, 0.25) is 5.91 Å². The van der Waals surface area contributed by atoms with Crippen LogP contribution in [0.25, 0.3) is 5.65 Å². The average Bonchev–Trinajstić information content (AvgIpc) is 3.37. The van der Waals surface area contributed by atoms with E-state index in [4.69, 9.17) is 5.73 Å². The van der Waals surface area contributed by atoms with Crippen LogP contribution in [0, 0.1) is 23.2 Å². The lowest BCUT2D eigenvalue weighted by atomic mass is 9.45. The van der Waals surface area contributed by atoms with Gasteiger partial charge in [0.05, 0.1) is 12.1 Å². The molecule has 4 aliphatic rings. The number of amides is 2. The largest absolute Gasteiger partial charge is 0.350 e. The third kappa shape index (κ3) is 3.63. The Morgan fingerprint density at radius 1 is 1.26 bits per heavy atom. The summed E-state index contributed by atoms with van der Waals surface area (Å²) in [5.74, 6) is 2.10. The first-order chi connectivity index (χ1) is 14.8. The van der Waals surface area contributed by atoms with Crippen molar-refractivity contribution in [3.8, 4) is 0 Å². The lowest BCUT2D eigenvalue weighted by Gasteiger charge is -2.60. The fraction of sp³-hybridized carbons (Fsp3) is 0.625. The second kappa shape index (κ2) is 7.62. The number of nitrogens with one attached hydrogen (secondary N) is 1. The monoisotopic (exact) mass is 423 g/mol. The number of nitrogens with zero attached hydrogens (tertiary/aromatic N) is 3. The zero-order valence-electron chi connectivity index (χ0n) is 18.5. The molecule has 7 nitrogen and oxygen atoms in total. The van der Waals surface area contributed by atoms with Crippen LogP contribution in [0.4, 0.5) is 0 Å². The van der Waals surface area contributed by atoms with Gasteiger partial charge in [0, 0.05) is 31.9 Å². The average molecular weight is 424 g/mol.